The molecule has 0 aromatic heterocycles. The standard InChI is InChI=1S/C43H54N4O13S3/c1-5-45-35-18-16-31(62(54,55)56)29-33(35)42(2,22-12-28-61(51,52)53)37(45)13-8-6-9-14-38-43(3,23-27-60-4)34-30-32(63(57,58)59)17-19-36(34)46(38)25-11-7-10-15-39(48)44-24-26-47-40(49)20-21-41(47)50/h6,8-9,13-14,16-21,29-30H,5,7,10-12,15,22-28H2,1-4H3,(H3-,44,48,51,52,53,54,55,56,57,58,59)/p+1. The number of rotatable bonds is 22. The minimum absolute atomic E-state index is 0.0634. The normalized spacial score (nSPS) is 20.9. The molecule has 0 spiro atoms. The Morgan fingerprint density at radius 3 is 2.08 bits per heavy atom. The van der Waals surface area contributed by atoms with E-state index < -0.39 is 58.8 Å². The molecular weight excluding hydrogens is 877 g/mol. The Kier molecular flexibility index (Phi) is 15.5. The van der Waals surface area contributed by atoms with Gasteiger partial charge in [-0.05, 0) is 94.8 Å². The Balaban J connectivity index is 1.41. The van der Waals surface area contributed by atoms with Crippen molar-refractivity contribution in [1.29, 1.82) is 0 Å². The van der Waals surface area contributed by atoms with Crippen LogP contribution in [-0.2, 0) is 60.3 Å². The molecule has 3 aliphatic rings. The quantitative estimate of drug-likeness (QED) is 0.0414. The number of carbonyl (C=O) groups excluding carboxylic acids is 3. The number of fused-ring (bicyclic) bond motifs is 2. The highest BCUT2D eigenvalue weighted by molar-refractivity contribution is 7.86. The summed E-state index contributed by atoms with van der Waals surface area (Å²) in [5.41, 5.74) is 2.56. The summed E-state index contributed by atoms with van der Waals surface area (Å²) < 4.78 is 109. The zero-order valence-corrected chi connectivity index (χ0v) is 38.1. The van der Waals surface area contributed by atoms with Crippen molar-refractivity contribution in [3.63, 3.8) is 0 Å². The van der Waals surface area contributed by atoms with Crippen molar-refractivity contribution < 1.29 is 62.6 Å². The predicted molar refractivity (Wildman–Crippen MR) is 236 cm³/mol. The molecule has 0 saturated carbocycles. The van der Waals surface area contributed by atoms with Gasteiger partial charge < -0.3 is 15.0 Å². The van der Waals surface area contributed by atoms with Crippen molar-refractivity contribution in [2.45, 2.75) is 86.3 Å². The maximum atomic E-state index is 12.5. The van der Waals surface area contributed by atoms with Crippen molar-refractivity contribution in [1.82, 2.24) is 10.2 Å². The van der Waals surface area contributed by atoms with E-state index in [1.54, 1.807) is 31.4 Å². The maximum absolute atomic E-state index is 12.5. The Morgan fingerprint density at radius 1 is 0.810 bits per heavy atom. The second-order valence-electron chi connectivity index (χ2n) is 16.0. The molecule has 0 saturated heterocycles. The van der Waals surface area contributed by atoms with Gasteiger partial charge in [0.2, 0.25) is 11.6 Å². The minimum Gasteiger partial charge on any atom is -0.385 e. The van der Waals surface area contributed by atoms with Crippen LogP contribution in [-0.4, -0.2) is 117 Å². The fraction of sp³-hybridized carbons (Fsp3) is 0.442. The number of carbonyl (C=O) groups is 3. The monoisotopic (exact) mass is 931 g/mol. The Bertz CT molecular complexity index is 2600. The van der Waals surface area contributed by atoms with Crippen LogP contribution in [0.3, 0.4) is 0 Å². The average Bonchev–Trinajstić information content (AvgIpc) is 3.74. The summed E-state index contributed by atoms with van der Waals surface area (Å²) in [5, 5.41) is 2.75. The second-order valence-corrected chi connectivity index (χ2v) is 20.4. The van der Waals surface area contributed by atoms with E-state index in [0.717, 1.165) is 22.0 Å². The van der Waals surface area contributed by atoms with Gasteiger partial charge in [0.1, 0.15) is 6.54 Å². The van der Waals surface area contributed by atoms with Crippen LogP contribution in [0.4, 0.5) is 11.4 Å². The topological polar surface area (TPSA) is 245 Å². The average molecular weight is 932 g/mol. The summed E-state index contributed by atoms with van der Waals surface area (Å²) in [7, 11) is -11.8. The number of nitrogens with zero attached hydrogens (tertiary/aromatic N) is 3. The number of anilines is 1. The van der Waals surface area contributed by atoms with Crippen LogP contribution < -0.4 is 10.2 Å². The van der Waals surface area contributed by atoms with Gasteiger partial charge in [0, 0.05) is 92.8 Å². The zero-order valence-electron chi connectivity index (χ0n) is 35.7. The van der Waals surface area contributed by atoms with E-state index in [2.05, 4.69) is 9.89 Å². The fourth-order valence-corrected chi connectivity index (χ4v) is 10.1. The first-order valence-electron chi connectivity index (χ1n) is 20.5. The predicted octanol–water partition coefficient (Wildman–Crippen LogP) is 4.64. The molecule has 63 heavy (non-hydrogen) atoms. The number of imide groups is 1. The largest absolute Gasteiger partial charge is 0.385 e. The first kappa shape index (κ1) is 49.2. The number of hydrogen-bond donors (Lipinski definition) is 4. The lowest BCUT2D eigenvalue weighted by atomic mass is 9.76. The van der Waals surface area contributed by atoms with E-state index in [1.165, 1.54) is 36.4 Å². The van der Waals surface area contributed by atoms with Gasteiger partial charge in [0.05, 0.1) is 21.0 Å². The van der Waals surface area contributed by atoms with Gasteiger partial charge in [-0.15, -0.1) is 0 Å². The number of unbranched alkanes of at least 4 members (excludes halogenated alkanes) is 2. The van der Waals surface area contributed by atoms with Crippen LogP contribution >= 0.6 is 0 Å². The Labute approximate surface area is 369 Å². The fourth-order valence-electron chi connectivity index (χ4n) is 8.54. The molecule has 0 fully saturated rings. The number of likely N-dealkylation sites (N-methyl/N-ethyl adjacent to an activating group) is 1. The van der Waals surface area contributed by atoms with Gasteiger partial charge in [-0.1, -0.05) is 18.2 Å². The van der Waals surface area contributed by atoms with E-state index in [-0.39, 0.29) is 48.1 Å². The number of ether oxygens (including phenoxy) is 1. The molecule has 17 nitrogen and oxygen atoms in total. The first-order valence-corrected chi connectivity index (χ1v) is 25.0. The molecule has 5 rings (SSSR count). The number of nitrogens with one attached hydrogen (secondary N) is 1. The van der Waals surface area contributed by atoms with Crippen molar-refractivity contribution >= 4 is 65.2 Å². The van der Waals surface area contributed by atoms with Crippen molar-refractivity contribution in [3.8, 4) is 0 Å². The van der Waals surface area contributed by atoms with Gasteiger partial charge >= 0.3 is 0 Å². The maximum Gasteiger partial charge on any atom is 0.294 e. The lowest BCUT2D eigenvalue weighted by Crippen LogP contribution is -2.38. The third-order valence-electron chi connectivity index (χ3n) is 11.8. The number of methoxy groups -OCH3 is 1. The molecule has 3 amide bonds. The van der Waals surface area contributed by atoms with Crippen LogP contribution in [0, 0.1) is 0 Å². The van der Waals surface area contributed by atoms with E-state index in [0.29, 0.717) is 62.2 Å². The summed E-state index contributed by atoms with van der Waals surface area (Å²) in [6.45, 7) is 7.26. The van der Waals surface area contributed by atoms with Crippen molar-refractivity contribution in [2.75, 3.05) is 50.5 Å². The number of benzene rings is 2. The molecule has 20 heteroatoms. The zero-order chi connectivity index (χ0) is 46.4. The Hall–Kier alpha value is -4.83. The van der Waals surface area contributed by atoms with Gasteiger partial charge in [-0.25, -0.2) is 0 Å². The lowest BCUT2D eigenvalue weighted by Gasteiger charge is -2.30. The smallest absolute Gasteiger partial charge is 0.294 e. The highest BCUT2D eigenvalue weighted by Crippen LogP contribution is 2.51. The minimum atomic E-state index is -4.55. The second kappa shape index (κ2) is 19.9. The van der Waals surface area contributed by atoms with Crippen molar-refractivity contribution in [3.05, 3.63) is 95.8 Å². The van der Waals surface area contributed by atoms with Crippen LogP contribution in [0.5, 0.6) is 0 Å². The summed E-state index contributed by atoms with van der Waals surface area (Å²) in [6.07, 6.45) is 14.4. The molecule has 0 bridgehead atoms. The summed E-state index contributed by atoms with van der Waals surface area (Å²) in [4.78, 5) is 38.6. The van der Waals surface area contributed by atoms with Crippen LogP contribution in [0.25, 0.3) is 0 Å². The molecule has 3 aliphatic heterocycles. The van der Waals surface area contributed by atoms with E-state index in [9.17, 15) is 53.3 Å². The molecule has 0 radical (unpaired) electrons. The van der Waals surface area contributed by atoms with Crippen molar-refractivity contribution in [2.24, 2.45) is 0 Å². The molecule has 2 aromatic carbocycles. The van der Waals surface area contributed by atoms with E-state index in [1.807, 2.05) is 43.9 Å². The molecule has 3 heterocycles. The number of hydrogen-bond acceptors (Lipinski definition) is 11. The highest BCUT2D eigenvalue weighted by atomic mass is 32.2. The van der Waals surface area contributed by atoms with Crippen LogP contribution in [0.2, 0.25) is 0 Å². The third-order valence-corrected chi connectivity index (χ3v) is 14.3. The van der Waals surface area contributed by atoms with Crippen LogP contribution in [0.1, 0.15) is 76.8 Å². The summed E-state index contributed by atoms with van der Waals surface area (Å²) in [6, 6.07) is 8.79. The molecule has 2 aromatic rings. The van der Waals surface area contributed by atoms with Gasteiger partial charge in [-0.2, -0.15) is 29.8 Å². The van der Waals surface area contributed by atoms with E-state index >= 15 is 0 Å². The lowest BCUT2D eigenvalue weighted by molar-refractivity contribution is -0.438. The number of allylic oxidation sites excluding steroid dienone is 6. The summed E-state index contributed by atoms with van der Waals surface area (Å²) in [5.74, 6) is -1.54. The molecule has 2 unspecified atom stereocenters. The van der Waals surface area contributed by atoms with Gasteiger partial charge in [0.15, 0.2) is 5.71 Å². The van der Waals surface area contributed by atoms with Crippen LogP contribution in [0.15, 0.2) is 94.4 Å². The third kappa shape index (κ3) is 11.5. The molecular formula is C43H55N4O13S3+. The SMILES string of the molecule is CCN1C(=CC=CC=CC2=[N+](CCCCCC(=O)NCCN3C(=O)C=CC3=O)c3ccc(S(=O)(=O)O)cc3C2(C)CCOC)C(C)(CCCS(=O)(=O)O)c2cc(S(=O)(=O)O)ccc21. The van der Waals surface area contributed by atoms with E-state index in [4.69, 9.17) is 4.74 Å². The molecule has 2 atom stereocenters. The number of amides is 3. The summed E-state index contributed by atoms with van der Waals surface area (Å²) >= 11 is 0. The highest BCUT2D eigenvalue weighted by Gasteiger charge is 2.48. The first-order chi connectivity index (χ1) is 29.5. The van der Waals surface area contributed by atoms with Gasteiger partial charge in [-0.3, -0.25) is 32.9 Å². The molecule has 0 aliphatic carbocycles. The molecule has 4 N–H and O–H groups in total. The van der Waals surface area contributed by atoms with Gasteiger partial charge in [0.25, 0.3) is 42.2 Å². The Morgan fingerprint density at radius 2 is 1.46 bits per heavy atom. The molecule has 342 valence electrons.